The van der Waals surface area contributed by atoms with Gasteiger partial charge in [0.1, 0.15) is 6.17 Å². The summed E-state index contributed by atoms with van der Waals surface area (Å²) in [5.74, 6) is 1.64. The third kappa shape index (κ3) is 2.33. The number of fused-ring (bicyclic) bond motifs is 4. The Morgan fingerprint density at radius 3 is 2.37 bits per heavy atom. The van der Waals surface area contributed by atoms with Crippen LogP contribution in [0.2, 0.25) is 0 Å². The number of hydrogen-bond donors (Lipinski definition) is 0. The quantitative estimate of drug-likeness (QED) is 0.383. The Balaban J connectivity index is 1.59. The van der Waals surface area contributed by atoms with Crippen molar-refractivity contribution in [3.63, 3.8) is 0 Å². The molecule has 0 spiro atoms. The van der Waals surface area contributed by atoms with E-state index in [1.807, 2.05) is 31.2 Å². The fourth-order valence-corrected chi connectivity index (χ4v) is 4.32. The number of para-hydroxylation sites is 2. The van der Waals surface area contributed by atoms with Crippen molar-refractivity contribution in [3.05, 3.63) is 78.8 Å². The summed E-state index contributed by atoms with van der Waals surface area (Å²) in [6.07, 6.45) is 3.44. The Morgan fingerprint density at radius 1 is 0.800 bits per heavy atom. The van der Waals surface area contributed by atoms with Gasteiger partial charge in [0.05, 0.1) is 5.69 Å². The lowest BCUT2D eigenvalue weighted by molar-refractivity contribution is 0.648. The highest BCUT2D eigenvalue weighted by Gasteiger charge is 2.38. The Labute approximate surface area is 173 Å². The molecular weight excluding hydrogens is 374 g/mol. The van der Waals surface area contributed by atoms with Crippen LogP contribution in [0.1, 0.15) is 12.6 Å². The zero-order valence-corrected chi connectivity index (χ0v) is 16.6. The van der Waals surface area contributed by atoms with Crippen LogP contribution in [0, 0.1) is 6.92 Å². The first kappa shape index (κ1) is 17.0. The molecule has 0 N–H and O–H groups in total. The van der Waals surface area contributed by atoms with Crippen molar-refractivity contribution >= 4 is 45.1 Å². The van der Waals surface area contributed by atoms with Crippen LogP contribution in [-0.2, 0) is 0 Å². The first-order valence-electron chi connectivity index (χ1n) is 9.96. The molecule has 2 aromatic carbocycles. The smallest absolute Gasteiger partial charge is 0.227 e. The van der Waals surface area contributed by atoms with Crippen LogP contribution in [0.3, 0.4) is 0 Å². The molecule has 0 fully saturated rings. The molecule has 0 amide bonds. The van der Waals surface area contributed by atoms with Gasteiger partial charge in [-0.25, -0.2) is 15.0 Å². The minimum absolute atomic E-state index is 0.0293. The van der Waals surface area contributed by atoms with Crippen molar-refractivity contribution in [2.75, 3.05) is 9.80 Å². The van der Waals surface area contributed by atoms with Gasteiger partial charge in [0.25, 0.3) is 0 Å². The maximum Gasteiger partial charge on any atom is 0.227 e. The van der Waals surface area contributed by atoms with E-state index in [4.69, 9.17) is 4.42 Å². The molecule has 6 nitrogen and oxygen atoms in total. The first-order valence-corrected chi connectivity index (χ1v) is 9.96. The predicted octanol–water partition coefficient (Wildman–Crippen LogP) is 5.72. The Bertz CT molecular complexity index is 1400. The lowest BCUT2D eigenvalue weighted by atomic mass is 10.1. The number of aryl methyl sites for hydroxylation is 1. The second-order valence-electron chi connectivity index (χ2n) is 7.47. The van der Waals surface area contributed by atoms with Crippen LogP contribution in [0.5, 0.6) is 0 Å². The van der Waals surface area contributed by atoms with E-state index < -0.39 is 0 Å². The standard InChI is InChI=1S/C24H19N5O/c1-15-11-12-19-18-9-6-10-20(21(18)30-24(19)27-15)29-16(2)28(17-7-4-3-5-8-17)22-23(29)26-14-13-25-22/h3-14,16H,1-2H3. The van der Waals surface area contributed by atoms with E-state index in [0.717, 1.165) is 45.1 Å². The summed E-state index contributed by atoms with van der Waals surface area (Å²) in [4.78, 5) is 18.3. The van der Waals surface area contributed by atoms with Crippen molar-refractivity contribution < 1.29 is 4.42 Å². The Kier molecular flexibility index (Phi) is 3.56. The highest BCUT2D eigenvalue weighted by molar-refractivity contribution is 6.09. The average Bonchev–Trinajstić information content (AvgIpc) is 3.28. The number of benzene rings is 2. The molecule has 1 atom stereocenters. The van der Waals surface area contributed by atoms with E-state index in [2.05, 4.69) is 68.1 Å². The third-order valence-electron chi connectivity index (χ3n) is 5.64. The SMILES string of the molecule is Cc1ccc2c(n1)oc1c(N3c4nccnc4N(c4ccccc4)C3C)cccc12. The number of rotatable bonds is 2. The van der Waals surface area contributed by atoms with Crippen molar-refractivity contribution in [3.8, 4) is 0 Å². The van der Waals surface area contributed by atoms with Crippen molar-refractivity contribution in [1.29, 1.82) is 0 Å². The van der Waals surface area contributed by atoms with Crippen LogP contribution in [0.4, 0.5) is 23.0 Å². The van der Waals surface area contributed by atoms with Gasteiger partial charge in [-0.3, -0.25) is 4.90 Å². The van der Waals surface area contributed by atoms with E-state index in [9.17, 15) is 0 Å². The first-order chi connectivity index (χ1) is 14.7. The molecule has 0 bridgehead atoms. The largest absolute Gasteiger partial charge is 0.435 e. The van der Waals surface area contributed by atoms with Gasteiger partial charge in [0.15, 0.2) is 17.2 Å². The molecule has 146 valence electrons. The molecule has 30 heavy (non-hydrogen) atoms. The number of pyridine rings is 1. The molecule has 3 aromatic heterocycles. The van der Waals surface area contributed by atoms with E-state index in [1.54, 1.807) is 12.4 Å². The fraction of sp³-hybridized carbons (Fsp3) is 0.125. The molecule has 0 saturated heterocycles. The summed E-state index contributed by atoms with van der Waals surface area (Å²) in [5.41, 5.74) is 4.43. The summed E-state index contributed by atoms with van der Waals surface area (Å²) >= 11 is 0. The van der Waals surface area contributed by atoms with Crippen LogP contribution in [0.15, 0.2) is 77.5 Å². The van der Waals surface area contributed by atoms with Gasteiger partial charge < -0.3 is 9.32 Å². The number of aromatic nitrogens is 3. The van der Waals surface area contributed by atoms with Gasteiger partial charge in [-0.2, -0.15) is 0 Å². The minimum Gasteiger partial charge on any atom is -0.435 e. The van der Waals surface area contributed by atoms with Gasteiger partial charge in [-0.1, -0.05) is 30.3 Å². The zero-order chi connectivity index (χ0) is 20.2. The summed E-state index contributed by atoms with van der Waals surface area (Å²) in [6, 6.07) is 20.6. The summed E-state index contributed by atoms with van der Waals surface area (Å²) < 4.78 is 6.26. The molecule has 6 heteroatoms. The molecule has 0 saturated carbocycles. The van der Waals surface area contributed by atoms with E-state index in [0.29, 0.717) is 5.71 Å². The molecule has 1 unspecified atom stereocenters. The zero-order valence-electron chi connectivity index (χ0n) is 16.6. The third-order valence-corrected chi connectivity index (χ3v) is 5.64. The van der Waals surface area contributed by atoms with Crippen LogP contribution < -0.4 is 9.80 Å². The molecule has 0 aliphatic carbocycles. The Morgan fingerprint density at radius 2 is 1.57 bits per heavy atom. The van der Waals surface area contributed by atoms with Crippen LogP contribution in [0.25, 0.3) is 22.1 Å². The van der Waals surface area contributed by atoms with Crippen LogP contribution in [-0.4, -0.2) is 21.1 Å². The van der Waals surface area contributed by atoms with Gasteiger partial charge in [0, 0.05) is 34.5 Å². The molecule has 5 aromatic rings. The number of furan rings is 1. The molecule has 4 heterocycles. The van der Waals surface area contributed by atoms with E-state index >= 15 is 0 Å². The highest BCUT2D eigenvalue weighted by atomic mass is 16.3. The van der Waals surface area contributed by atoms with Gasteiger partial charge in [0.2, 0.25) is 5.71 Å². The normalized spacial score (nSPS) is 15.9. The van der Waals surface area contributed by atoms with Crippen molar-refractivity contribution in [1.82, 2.24) is 15.0 Å². The van der Waals surface area contributed by atoms with Gasteiger partial charge >= 0.3 is 0 Å². The second kappa shape index (κ2) is 6.29. The van der Waals surface area contributed by atoms with E-state index in [1.165, 1.54) is 0 Å². The van der Waals surface area contributed by atoms with E-state index in [-0.39, 0.29) is 6.17 Å². The topological polar surface area (TPSA) is 58.3 Å². The number of nitrogens with zero attached hydrogens (tertiary/aromatic N) is 5. The maximum atomic E-state index is 6.26. The van der Waals surface area contributed by atoms with Gasteiger partial charge in [-0.05, 0) is 44.2 Å². The van der Waals surface area contributed by atoms with Crippen molar-refractivity contribution in [2.24, 2.45) is 0 Å². The molecule has 6 rings (SSSR count). The Hall–Kier alpha value is -3.93. The summed E-state index contributed by atoms with van der Waals surface area (Å²) in [5, 5.41) is 2.06. The average molecular weight is 393 g/mol. The number of hydrogen-bond acceptors (Lipinski definition) is 6. The van der Waals surface area contributed by atoms with Crippen LogP contribution >= 0.6 is 0 Å². The maximum absolute atomic E-state index is 6.26. The minimum atomic E-state index is -0.0293. The summed E-state index contributed by atoms with van der Waals surface area (Å²) in [6.45, 7) is 4.12. The molecular formula is C24H19N5O. The lowest BCUT2D eigenvalue weighted by Crippen LogP contribution is -2.35. The lowest BCUT2D eigenvalue weighted by Gasteiger charge is -2.29. The molecule has 1 aliphatic rings. The highest BCUT2D eigenvalue weighted by Crippen LogP contribution is 2.47. The fourth-order valence-electron chi connectivity index (χ4n) is 4.32. The predicted molar refractivity (Wildman–Crippen MR) is 118 cm³/mol. The number of anilines is 4. The van der Waals surface area contributed by atoms with Gasteiger partial charge in [-0.15, -0.1) is 0 Å². The summed E-state index contributed by atoms with van der Waals surface area (Å²) in [7, 11) is 0. The second-order valence-corrected chi connectivity index (χ2v) is 7.47. The molecule has 0 radical (unpaired) electrons. The van der Waals surface area contributed by atoms with Crippen molar-refractivity contribution in [2.45, 2.75) is 20.0 Å². The monoisotopic (exact) mass is 393 g/mol. The molecule has 1 aliphatic heterocycles.